The lowest BCUT2D eigenvalue weighted by atomic mass is 9.77. The molecule has 136 valence electrons. The number of quaternary nitrogens is 2. The van der Waals surface area contributed by atoms with E-state index in [0.29, 0.717) is 12.0 Å². The van der Waals surface area contributed by atoms with Crippen LogP contribution in [0.1, 0.15) is 32.3 Å². The van der Waals surface area contributed by atoms with Gasteiger partial charge in [-0.15, -0.1) is 0 Å². The highest BCUT2D eigenvalue weighted by molar-refractivity contribution is 5.42. The molecule has 4 N–H and O–H groups in total. The van der Waals surface area contributed by atoms with Gasteiger partial charge < -0.3 is 24.8 Å². The van der Waals surface area contributed by atoms with Crippen molar-refractivity contribution in [2.24, 2.45) is 5.92 Å². The summed E-state index contributed by atoms with van der Waals surface area (Å²) in [5, 5.41) is 13.3. The summed E-state index contributed by atoms with van der Waals surface area (Å²) in [6, 6.07) is 6.56. The van der Waals surface area contributed by atoms with Gasteiger partial charge in [-0.2, -0.15) is 0 Å². The van der Waals surface area contributed by atoms with E-state index in [4.69, 9.17) is 9.47 Å². The highest BCUT2D eigenvalue weighted by Gasteiger charge is 2.43. The molecule has 0 bridgehead atoms. The summed E-state index contributed by atoms with van der Waals surface area (Å²) in [6.45, 7) is 7.28. The van der Waals surface area contributed by atoms with Gasteiger partial charge in [0.2, 0.25) is 0 Å². The van der Waals surface area contributed by atoms with Gasteiger partial charge in [0.25, 0.3) is 0 Å². The van der Waals surface area contributed by atoms with Crippen LogP contribution >= 0.6 is 0 Å². The minimum Gasteiger partial charge on any atom is -0.493 e. The molecular weight excluding hydrogens is 304 g/mol. The first-order chi connectivity index (χ1) is 11.4. The molecule has 0 aliphatic carbocycles. The molecule has 1 aliphatic heterocycles. The Kier molecular flexibility index (Phi) is 6.49. The van der Waals surface area contributed by atoms with Crippen LogP contribution < -0.4 is 19.7 Å². The van der Waals surface area contributed by atoms with Crippen molar-refractivity contribution in [2.75, 3.05) is 34.4 Å². The van der Waals surface area contributed by atoms with Gasteiger partial charge >= 0.3 is 0 Å². The number of likely N-dealkylation sites (tertiary alicyclic amines) is 1. The van der Waals surface area contributed by atoms with Gasteiger partial charge in [0.05, 0.1) is 46.0 Å². The van der Waals surface area contributed by atoms with Crippen LogP contribution in [0, 0.1) is 5.92 Å². The molecule has 0 radical (unpaired) electrons. The highest BCUT2D eigenvalue weighted by atomic mass is 16.5. The Morgan fingerprint density at radius 3 is 2.62 bits per heavy atom. The maximum atomic E-state index is 11.0. The van der Waals surface area contributed by atoms with Crippen molar-refractivity contribution in [3.8, 4) is 11.5 Å². The Balaban J connectivity index is 1.84. The molecule has 5 heteroatoms. The van der Waals surface area contributed by atoms with E-state index in [1.54, 1.807) is 14.2 Å². The second-order valence-electron chi connectivity index (χ2n) is 7.38. The van der Waals surface area contributed by atoms with Gasteiger partial charge in [-0.05, 0) is 25.1 Å². The number of nitrogens with two attached hydrogens (primary N) is 1. The zero-order chi connectivity index (χ0) is 17.7. The monoisotopic (exact) mass is 338 g/mol. The third-order valence-electron chi connectivity index (χ3n) is 5.66. The number of ether oxygens (including phenoxy) is 2. The number of hydrogen-bond acceptors (Lipinski definition) is 3. The van der Waals surface area contributed by atoms with E-state index < -0.39 is 5.60 Å². The van der Waals surface area contributed by atoms with Gasteiger partial charge in [-0.3, -0.25) is 0 Å². The normalized spacial score (nSPS) is 30.2. The molecule has 1 aliphatic rings. The lowest BCUT2D eigenvalue weighted by Crippen LogP contribution is -3.15. The summed E-state index contributed by atoms with van der Waals surface area (Å²) in [5.41, 5.74) is 0.682. The summed E-state index contributed by atoms with van der Waals surface area (Å²) >= 11 is 0. The molecule has 0 aromatic heterocycles. The number of aliphatic hydroxyl groups is 1. The van der Waals surface area contributed by atoms with Crippen LogP contribution in [0.2, 0.25) is 0 Å². The van der Waals surface area contributed by atoms with Crippen LogP contribution in [0.5, 0.6) is 11.5 Å². The van der Waals surface area contributed by atoms with Crippen molar-refractivity contribution in [1.82, 2.24) is 0 Å². The van der Waals surface area contributed by atoms with E-state index in [9.17, 15) is 5.11 Å². The number of nitrogens with one attached hydrogen (secondary N) is 1. The summed E-state index contributed by atoms with van der Waals surface area (Å²) in [4.78, 5) is 1.53. The van der Waals surface area contributed by atoms with Crippen molar-refractivity contribution in [3.63, 3.8) is 0 Å². The van der Waals surface area contributed by atoms with Crippen LogP contribution in [0.3, 0.4) is 0 Å². The molecule has 5 nitrogen and oxygen atoms in total. The van der Waals surface area contributed by atoms with E-state index in [0.717, 1.165) is 44.0 Å². The minimum atomic E-state index is -0.521. The lowest BCUT2D eigenvalue weighted by Gasteiger charge is -2.43. The molecule has 1 heterocycles. The highest BCUT2D eigenvalue weighted by Crippen LogP contribution is 2.28. The summed E-state index contributed by atoms with van der Waals surface area (Å²) in [5.74, 6) is 1.87. The van der Waals surface area contributed by atoms with Crippen molar-refractivity contribution in [1.29, 1.82) is 0 Å². The van der Waals surface area contributed by atoms with E-state index in [1.165, 1.54) is 10.5 Å². The maximum Gasteiger partial charge on any atom is 0.161 e. The number of piperidine rings is 1. The molecule has 0 amide bonds. The van der Waals surface area contributed by atoms with Gasteiger partial charge in [-0.25, -0.2) is 0 Å². The van der Waals surface area contributed by atoms with E-state index in [1.807, 2.05) is 12.1 Å². The second kappa shape index (κ2) is 8.19. The molecule has 1 aromatic carbocycles. The van der Waals surface area contributed by atoms with Crippen LogP contribution in [0.4, 0.5) is 0 Å². The molecule has 2 rings (SSSR count). The van der Waals surface area contributed by atoms with Crippen molar-refractivity contribution in [3.05, 3.63) is 23.8 Å². The molecule has 4 atom stereocenters. The van der Waals surface area contributed by atoms with E-state index in [2.05, 4.69) is 32.3 Å². The molecule has 1 saturated heterocycles. The lowest BCUT2D eigenvalue weighted by molar-refractivity contribution is -0.916. The zero-order valence-corrected chi connectivity index (χ0v) is 15.8. The predicted molar refractivity (Wildman–Crippen MR) is 94.6 cm³/mol. The molecule has 1 unspecified atom stereocenters. The predicted octanol–water partition coefficient (Wildman–Crippen LogP) is -0.169. The average Bonchev–Trinajstić information content (AvgIpc) is 2.57. The van der Waals surface area contributed by atoms with Gasteiger partial charge in [0.1, 0.15) is 6.54 Å². The van der Waals surface area contributed by atoms with Gasteiger partial charge in [-0.1, -0.05) is 6.92 Å². The minimum absolute atomic E-state index is 0.350. The van der Waals surface area contributed by atoms with Crippen molar-refractivity contribution in [2.45, 2.75) is 44.9 Å². The first-order valence-electron chi connectivity index (χ1n) is 8.97. The summed E-state index contributed by atoms with van der Waals surface area (Å²) in [7, 11) is 5.53. The molecule has 0 spiro atoms. The Bertz CT molecular complexity index is 537. The first kappa shape index (κ1) is 19.0. The fourth-order valence-corrected chi connectivity index (χ4v) is 3.76. The topological polar surface area (TPSA) is 59.7 Å². The molecule has 0 saturated carbocycles. The van der Waals surface area contributed by atoms with Crippen molar-refractivity contribution >= 4 is 0 Å². The molecular formula is C19H34N2O3+2. The number of benzene rings is 1. The Morgan fingerprint density at radius 2 is 1.96 bits per heavy atom. The molecule has 1 aromatic rings. The van der Waals surface area contributed by atoms with E-state index in [-0.39, 0.29) is 0 Å². The quantitative estimate of drug-likeness (QED) is 0.605. The fourth-order valence-electron chi connectivity index (χ4n) is 3.76. The number of hydrogen-bond donors (Lipinski definition) is 3. The Labute approximate surface area is 146 Å². The maximum absolute atomic E-state index is 11.0. The fraction of sp³-hybridized carbons (Fsp3) is 0.684. The third-order valence-corrected chi connectivity index (χ3v) is 5.66. The van der Waals surface area contributed by atoms with Gasteiger partial charge in [0.15, 0.2) is 11.5 Å². The summed E-state index contributed by atoms with van der Waals surface area (Å²) < 4.78 is 10.6. The number of methoxy groups -OCH3 is 2. The first-order valence-corrected chi connectivity index (χ1v) is 8.97. The SMILES string of the molecule is COc1ccc(C[NH2+]CC[C@]2(O)C[C@@H](C)[NH+](C)C[C@H]2C)cc1OC. The van der Waals surface area contributed by atoms with E-state index >= 15 is 0 Å². The number of rotatable bonds is 7. The largest absolute Gasteiger partial charge is 0.493 e. The average molecular weight is 338 g/mol. The molecule has 24 heavy (non-hydrogen) atoms. The van der Waals surface area contributed by atoms with Crippen LogP contribution in [0.25, 0.3) is 0 Å². The summed E-state index contributed by atoms with van der Waals surface area (Å²) in [6.07, 6.45) is 1.74. The van der Waals surface area contributed by atoms with Gasteiger partial charge in [0, 0.05) is 24.3 Å². The van der Waals surface area contributed by atoms with Crippen molar-refractivity contribution < 1.29 is 24.8 Å². The second-order valence-corrected chi connectivity index (χ2v) is 7.38. The smallest absolute Gasteiger partial charge is 0.161 e. The van der Waals surface area contributed by atoms with Crippen LogP contribution in [-0.4, -0.2) is 51.1 Å². The molecule has 1 fully saturated rings. The van der Waals surface area contributed by atoms with Crippen LogP contribution in [0.15, 0.2) is 18.2 Å². The third kappa shape index (κ3) is 4.41. The standard InChI is InChI=1S/C19H32N2O3/c1-14-13-21(3)15(2)11-19(14,22)8-9-20-12-16-6-7-17(23-4)18(10-16)24-5/h6-7,10,14-15,20,22H,8-9,11-13H2,1-5H3/p+2/t14-,15-,19+/m1/s1. The zero-order valence-electron chi connectivity index (χ0n) is 15.8. The Morgan fingerprint density at radius 1 is 1.25 bits per heavy atom. The van der Waals surface area contributed by atoms with Crippen LogP contribution in [-0.2, 0) is 6.54 Å². The Hall–Kier alpha value is -1.30.